The Balaban J connectivity index is 1.46. The summed E-state index contributed by atoms with van der Waals surface area (Å²) in [5, 5.41) is 6.40. The lowest BCUT2D eigenvalue weighted by Crippen LogP contribution is -2.60. The number of fused-ring (bicyclic) bond motifs is 1. The molecular weight excluding hydrogens is 702 g/mol. The van der Waals surface area contributed by atoms with E-state index in [1.807, 2.05) is 0 Å². The molecular formula is C35H46ClN5O9S. The van der Waals surface area contributed by atoms with Gasteiger partial charge in [0.05, 0.1) is 18.9 Å². The summed E-state index contributed by atoms with van der Waals surface area (Å²) < 4.78 is 44.9. The first-order valence-corrected chi connectivity index (χ1v) is 18.7. The second-order valence-corrected chi connectivity index (χ2v) is 17.8. The molecule has 2 aromatic rings. The molecule has 0 bridgehead atoms. The van der Waals surface area contributed by atoms with Gasteiger partial charge >= 0.3 is 6.09 Å². The highest BCUT2D eigenvalue weighted by atomic mass is 35.5. The van der Waals surface area contributed by atoms with Crippen LogP contribution in [0, 0.1) is 11.3 Å². The van der Waals surface area contributed by atoms with Gasteiger partial charge in [-0.25, -0.2) is 18.2 Å². The van der Waals surface area contributed by atoms with Crippen LogP contribution >= 0.6 is 11.6 Å². The van der Waals surface area contributed by atoms with Crippen LogP contribution in [-0.4, -0.2) is 90.3 Å². The Labute approximate surface area is 303 Å². The number of likely N-dealkylation sites (tertiary alicyclic amines) is 1. The first kappa shape index (κ1) is 38.1. The Kier molecular flexibility index (Phi) is 10.3. The third-order valence-electron chi connectivity index (χ3n) is 9.17. The topological polar surface area (TPSA) is 182 Å². The summed E-state index contributed by atoms with van der Waals surface area (Å²) >= 11 is 6.37. The van der Waals surface area contributed by atoms with E-state index in [2.05, 4.69) is 26.9 Å². The van der Waals surface area contributed by atoms with Crippen LogP contribution in [0.15, 0.2) is 37.1 Å². The van der Waals surface area contributed by atoms with Crippen molar-refractivity contribution in [1.29, 1.82) is 0 Å². The summed E-state index contributed by atoms with van der Waals surface area (Å²) in [5.41, 5.74) is -3.24. The number of carbonyl (C=O) groups excluding carboxylic acids is 4. The third-order valence-corrected chi connectivity index (χ3v) is 11.3. The van der Waals surface area contributed by atoms with Crippen molar-refractivity contribution in [3.05, 3.63) is 42.2 Å². The van der Waals surface area contributed by atoms with Gasteiger partial charge in [0.1, 0.15) is 34.5 Å². The van der Waals surface area contributed by atoms with Crippen molar-refractivity contribution in [2.75, 3.05) is 13.7 Å². The number of carbonyl (C=O) groups is 4. The molecule has 16 heteroatoms. The molecule has 5 atom stereocenters. The number of benzene rings is 1. The summed E-state index contributed by atoms with van der Waals surface area (Å²) in [7, 11) is -2.43. The zero-order chi connectivity index (χ0) is 37.7. The molecule has 1 saturated heterocycles. The van der Waals surface area contributed by atoms with Gasteiger partial charge in [0, 0.05) is 23.9 Å². The van der Waals surface area contributed by atoms with Crippen molar-refractivity contribution < 1.29 is 41.8 Å². The molecule has 2 aliphatic carbocycles. The first-order valence-electron chi connectivity index (χ1n) is 16.8. The number of alkyl carbamates (subject to hydrolysis) is 1. The minimum atomic E-state index is -3.91. The number of methoxy groups -OCH3 is 1. The normalized spacial score (nSPS) is 23.9. The number of rotatable bonds is 11. The van der Waals surface area contributed by atoms with Gasteiger partial charge in [-0.3, -0.25) is 19.1 Å². The largest absolute Gasteiger partial charge is 0.493 e. The van der Waals surface area contributed by atoms with Gasteiger partial charge in [0.2, 0.25) is 21.8 Å². The minimum Gasteiger partial charge on any atom is -0.493 e. The van der Waals surface area contributed by atoms with E-state index in [0.717, 1.165) is 5.39 Å². The van der Waals surface area contributed by atoms with Crippen molar-refractivity contribution in [2.45, 2.75) is 102 Å². The zero-order valence-electron chi connectivity index (χ0n) is 29.9. The lowest BCUT2D eigenvalue weighted by molar-refractivity contribution is -0.143. The van der Waals surface area contributed by atoms with Gasteiger partial charge in [0.15, 0.2) is 11.5 Å². The molecule has 0 radical (unpaired) electrons. The van der Waals surface area contributed by atoms with E-state index in [-0.39, 0.29) is 24.5 Å². The number of hydrogen-bond donors (Lipinski definition) is 3. The Morgan fingerprint density at radius 1 is 1.12 bits per heavy atom. The fourth-order valence-corrected chi connectivity index (χ4v) is 7.79. The van der Waals surface area contributed by atoms with Gasteiger partial charge in [-0.2, -0.15) is 0 Å². The van der Waals surface area contributed by atoms with Gasteiger partial charge in [-0.05, 0) is 69.0 Å². The summed E-state index contributed by atoms with van der Waals surface area (Å²) in [6, 6.07) is 2.86. The number of sulfonamides is 1. The maximum Gasteiger partial charge on any atom is 0.408 e. The number of ether oxygens (including phenoxy) is 3. The molecule has 1 aromatic heterocycles. The zero-order valence-corrected chi connectivity index (χ0v) is 31.4. The number of nitrogens with one attached hydrogen (secondary N) is 3. The highest BCUT2D eigenvalue weighted by molar-refractivity contribution is 7.91. The number of pyridine rings is 1. The average Bonchev–Trinajstić information content (AvgIpc) is 3.95. The van der Waals surface area contributed by atoms with Crippen molar-refractivity contribution in [3.63, 3.8) is 0 Å². The van der Waals surface area contributed by atoms with Crippen molar-refractivity contribution >= 4 is 56.2 Å². The van der Waals surface area contributed by atoms with Gasteiger partial charge in [0.25, 0.3) is 5.91 Å². The summed E-state index contributed by atoms with van der Waals surface area (Å²) in [5.74, 6) is -1.99. The Morgan fingerprint density at radius 2 is 1.80 bits per heavy atom. The number of hydrogen-bond acceptors (Lipinski definition) is 10. The molecule has 1 aliphatic heterocycles. The molecule has 4 amide bonds. The lowest BCUT2D eigenvalue weighted by Gasteiger charge is -2.36. The van der Waals surface area contributed by atoms with Crippen LogP contribution in [0.5, 0.6) is 11.5 Å². The Bertz CT molecular complexity index is 1850. The first-order chi connectivity index (χ1) is 23.7. The number of amides is 4. The Morgan fingerprint density at radius 3 is 2.37 bits per heavy atom. The number of halogens is 1. The maximum absolute atomic E-state index is 14.4. The summed E-state index contributed by atoms with van der Waals surface area (Å²) in [6.45, 7) is 14.1. The van der Waals surface area contributed by atoms with E-state index in [9.17, 15) is 27.6 Å². The minimum absolute atomic E-state index is 0.0142. The van der Waals surface area contributed by atoms with E-state index >= 15 is 0 Å². The van der Waals surface area contributed by atoms with Crippen molar-refractivity contribution in [3.8, 4) is 11.5 Å². The smallest absolute Gasteiger partial charge is 0.408 e. The molecule has 5 rings (SSSR count). The quantitative estimate of drug-likeness (QED) is 0.226. The van der Waals surface area contributed by atoms with Crippen molar-refractivity contribution in [1.82, 2.24) is 25.2 Å². The monoisotopic (exact) mass is 747 g/mol. The summed E-state index contributed by atoms with van der Waals surface area (Å²) in [4.78, 5) is 60.5. The van der Waals surface area contributed by atoms with Crippen LogP contribution in [0.1, 0.15) is 67.2 Å². The van der Waals surface area contributed by atoms with Gasteiger partial charge in [-0.1, -0.05) is 38.4 Å². The fourth-order valence-electron chi connectivity index (χ4n) is 6.21. The van der Waals surface area contributed by atoms with E-state index in [0.29, 0.717) is 29.7 Å². The van der Waals surface area contributed by atoms with E-state index in [4.69, 9.17) is 25.8 Å². The second kappa shape index (κ2) is 13.8. The molecule has 14 nitrogen and oxygen atoms in total. The predicted octanol–water partition coefficient (Wildman–Crippen LogP) is 3.85. The molecule has 0 spiro atoms. The molecule has 2 saturated carbocycles. The van der Waals surface area contributed by atoms with E-state index in [1.54, 1.807) is 65.9 Å². The van der Waals surface area contributed by atoms with Crippen LogP contribution < -0.4 is 24.8 Å². The van der Waals surface area contributed by atoms with Gasteiger partial charge in [-0.15, -0.1) is 6.58 Å². The van der Waals surface area contributed by atoms with Crippen LogP contribution in [-0.2, 0) is 29.1 Å². The molecule has 0 unspecified atom stereocenters. The lowest BCUT2D eigenvalue weighted by atomic mass is 9.85. The van der Waals surface area contributed by atoms with Crippen LogP contribution in [0.3, 0.4) is 0 Å². The Hall–Kier alpha value is -4.11. The summed E-state index contributed by atoms with van der Waals surface area (Å²) in [6.07, 6.45) is 2.49. The highest BCUT2D eigenvalue weighted by Crippen LogP contribution is 2.46. The molecule has 3 aliphatic rings. The molecule has 278 valence electrons. The highest BCUT2D eigenvalue weighted by Gasteiger charge is 2.62. The molecule has 51 heavy (non-hydrogen) atoms. The fraction of sp³-hybridized carbons (Fsp3) is 0.571. The van der Waals surface area contributed by atoms with Gasteiger partial charge < -0.3 is 29.7 Å². The predicted molar refractivity (Wildman–Crippen MR) is 190 cm³/mol. The van der Waals surface area contributed by atoms with Crippen LogP contribution in [0.2, 0.25) is 5.15 Å². The molecule has 3 fully saturated rings. The average molecular weight is 748 g/mol. The number of aromatic nitrogens is 1. The molecule has 1 aromatic carbocycles. The second-order valence-electron chi connectivity index (χ2n) is 15.4. The van der Waals surface area contributed by atoms with Crippen LogP contribution in [0.4, 0.5) is 4.79 Å². The maximum atomic E-state index is 14.4. The van der Waals surface area contributed by atoms with Crippen LogP contribution in [0.25, 0.3) is 10.8 Å². The number of nitrogens with zero attached hydrogens (tertiary/aromatic N) is 2. The van der Waals surface area contributed by atoms with E-state index in [1.165, 1.54) is 18.1 Å². The molecule has 3 N–H and O–H groups in total. The SMILES string of the molecule is C=C[C@@H]1C[C@]1(NC(=O)[C@@H]1C[C@@H](Oc2cc3c(Cl)nccc3cc2OC)CN1C(=O)[C@@H](NC(=O)OC(C)(C)C)C(C)(C)C)C(=O)NS(=O)(=O)C1CC1. The standard InChI is InChI=1S/C35H46ClN5O9S/c1-9-20-17-35(20,31(44)40-51(46,47)22-10-11-22)39-29(42)24-15-21(49-26-16-23-19(14-25(26)48-8)12-13-37-28(23)36)18-41(24)30(43)27(33(2,3)4)38-32(45)50-34(5,6)7/h9,12-14,16,20-22,24,27H,1,10-11,15,17-18H2,2-8H3,(H,38,45)(H,39,42)(H,40,44)/t20-,21-,24+,27-,35-/m1/s1. The third kappa shape index (κ3) is 8.35. The van der Waals surface area contributed by atoms with E-state index < -0.39 is 79.7 Å². The molecule has 2 heterocycles. The van der Waals surface area contributed by atoms with Crippen molar-refractivity contribution in [2.24, 2.45) is 11.3 Å².